The van der Waals surface area contributed by atoms with E-state index in [0.29, 0.717) is 0 Å². The molecule has 0 atom stereocenters. The molecule has 0 saturated heterocycles. The standard InChI is InChI=1S/Al.Ca.Mg.H4O4Si.O/c;;;1-5(2,3)4;/h;;;1-4H;/q+3;2*+2;;-2. The summed E-state index contributed by atoms with van der Waals surface area (Å²) in [6.45, 7) is 0. The summed E-state index contributed by atoms with van der Waals surface area (Å²) in [7, 11) is -4.61. The molecule has 0 aliphatic heterocycles. The van der Waals surface area contributed by atoms with Gasteiger partial charge in [-0.25, -0.2) is 0 Å². The summed E-state index contributed by atoms with van der Waals surface area (Å²) in [5.74, 6) is 0. The predicted molar refractivity (Wildman–Crippen MR) is 32.6 cm³/mol. The van der Waals surface area contributed by atoms with Gasteiger partial charge in [0.2, 0.25) is 0 Å². The third kappa shape index (κ3) is 117. The first-order chi connectivity index (χ1) is 2.00. The van der Waals surface area contributed by atoms with Gasteiger partial charge in [0, 0.05) is 0 Å². The molecule has 0 aromatic heterocycles. The predicted octanol–water partition coefficient (Wildman–Crippen LogP) is -3.87. The van der Waals surface area contributed by atoms with Crippen LogP contribution in [0.4, 0.5) is 0 Å². The molecule has 0 bridgehead atoms. The van der Waals surface area contributed by atoms with Crippen LogP contribution in [0.1, 0.15) is 0 Å². The molecule has 0 aliphatic carbocycles. The normalized spacial score (nSPS) is 6.67. The average molecular weight is 203 g/mol. The van der Waals surface area contributed by atoms with Crippen LogP contribution in [0.2, 0.25) is 0 Å². The maximum atomic E-state index is 7.33. The quantitative estimate of drug-likeness (QED) is 0.302. The van der Waals surface area contributed by atoms with Crippen LogP contribution in [0.25, 0.3) is 0 Å². The minimum Gasteiger partial charge on any atom is -2.00 e. The van der Waals surface area contributed by atoms with E-state index in [1.54, 1.807) is 0 Å². The minimum atomic E-state index is -4.61. The summed E-state index contributed by atoms with van der Waals surface area (Å²) in [6, 6.07) is 0. The van der Waals surface area contributed by atoms with Crippen molar-refractivity contribution in [2.75, 3.05) is 0 Å². The van der Waals surface area contributed by atoms with Gasteiger partial charge in [-0.15, -0.1) is 0 Å². The van der Waals surface area contributed by atoms with Crippen molar-refractivity contribution in [3.8, 4) is 0 Å². The fourth-order valence-corrected chi connectivity index (χ4v) is 0. The monoisotopic (exact) mass is 203 g/mol. The van der Waals surface area contributed by atoms with E-state index in [1.165, 1.54) is 0 Å². The van der Waals surface area contributed by atoms with Crippen LogP contribution in [0.3, 0.4) is 0 Å². The van der Waals surface area contributed by atoms with E-state index in [2.05, 4.69) is 0 Å². The molecule has 0 aliphatic rings. The second-order valence-electron chi connectivity index (χ2n) is 0.600. The Bertz CT molecular complexity index is 32.4. The van der Waals surface area contributed by atoms with E-state index in [1.807, 2.05) is 0 Å². The zero-order chi connectivity index (χ0) is 4.50. The third-order valence-electron chi connectivity index (χ3n) is 0. The number of hydrogen-bond acceptors (Lipinski definition) is 4. The van der Waals surface area contributed by atoms with E-state index >= 15 is 0 Å². The molecule has 9 heavy (non-hydrogen) atoms. The molecule has 40 valence electrons. The Balaban J connectivity index is -0.0000000133. The Morgan fingerprint density at radius 1 is 0.889 bits per heavy atom. The van der Waals surface area contributed by atoms with Crippen LogP contribution in [0.15, 0.2) is 0 Å². The molecular formula is H4AlCaMgO5Si+5. The van der Waals surface area contributed by atoms with E-state index < -0.39 is 9.05 Å². The molecule has 0 unspecified atom stereocenters. The second kappa shape index (κ2) is 13.2. The van der Waals surface area contributed by atoms with Gasteiger partial charge in [0.1, 0.15) is 0 Å². The van der Waals surface area contributed by atoms with Gasteiger partial charge >= 0.3 is 87.2 Å². The molecule has 0 amide bonds. The van der Waals surface area contributed by atoms with Gasteiger partial charge in [-0.05, 0) is 0 Å². The summed E-state index contributed by atoms with van der Waals surface area (Å²) < 4.78 is 0. The van der Waals surface area contributed by atoms with Crippen molar-refractivity contribution in [3.63, 3.8) is 0 Å². The van der Waals surface area contributed by atoms with Crippen molar-refractivity contribution in [1.29, 1.82) is 0 Å². The van der Waals surface area contributed by atoms with Crippen LogP contribution in [-0.4, -0.2) is 106 Å². The Hall–Kier alpha value is 2.58. The zero-order valence-corrected chi connectivity index (χ0v) is 10.5. The van der Waals surface area contributed by atoms with Crippen LogP contribution >= 0.6 is 0 Å². The van der Waals surface area contributed by atoms with Crippen molar-refractivity contribution >= 4 is 87.2 Å². The molecule has 0 fully saturated rings. The van der Waals surface area contributed by atoms with Gasteiger partial charge in [-0.2, -0.15) is 0 Å². The number of hydrogen-bond donors (Lipinski definition) is 4. The maximum Gasteiger partial charge on any atom is 3.00 e. The Morgan fingerprint density at radius 2 is 0.889 bits per heavy atom. The van der Waals surface area contributed by atoms with E-state index in [9.17, 15) is 0 Å². The van der Waals surface area contributed by atoms with Crippen LogP contribution in [0, 0.1) is 0 Å². The Kier molecular flexibility index (Phi) is 43.9. The maximum absolute atomic E-state index is 7.33. The Morgan fingerprint density at radius 3 is 0.889 bits per heavy atom. The molecular weight excluding hydrogens is 199 g/mol. The van der Waals surface area contributed by atoms with Crippen LogP contribution in [-0.2, 0) is 5.48 Å². The fourth-order valence-electron chi connectivity index (χ4n) is 0. The molecule has 4 N–H and O–H groups in total. The average Bonchev–Trinajstić information content (AvgIpc) is 0.722. The molecule has 0 saturated carbocycles. The molecule has 0 radical (unpaired) electrons. The molecule has 9 heteroatoms. The largest absolute Gasteiger partial charge is 3.00 e. The summed E-state index contributed by atoms with van der Waals surface area (Å²) in [5, 5.41) is 0. The van der Waals surface area contributed by atoms with Crippen molar-refractivity contribution in [3.05, 3.63) is 0 Å². The summed E-state index contributed by atoms with van der Waals surface area (Å²) in [6.07, 6.45) is 0. The van der Waals surface area contributed by atoms with E-state index in [-0.39, 0.29) is 83.6 Å². The van der Waals surface area contributed by atoms with Crippen molar-refractivity contribution in [2.24, 2.45) is 0 Å². The molecule has 5 nitrogen and oxygen atoms in total. The smallest absolute Gasteiger partial charge is 2.00 e. The summed E-state index contributed by atoms with van der Waals surface area (Å²) >= 11 is 0. The summed E-state index contributed by atoms with van der Waals surface area (Å²) in [5.41, 5.74) is 0. The second-order valence-corrected chi connectivity index (χ2v) is 1.80. The molecule has 0 aromatic carbocycles. The first-order valence-corrected chi connectivity index (χ1v) is 2.68. The van der Waals surface area contributed by atoms with Gasteiger partial charge in [0.15, 0.2) is 0 Å². The van der Waals surface area contributed by atoms with Gasteiger partial charge in [-0.1, -0.05) is 0 Å². The Labute approximate surface area is 110 Å². The topological polar surface area (TPSA) is 109 Å². The SMILES string of the molecule is O[Si](O)(O)O.[Al+3].[Ca+2].[Mg+2].[O-2]. The van der Waals surface area contributed by atoms with Gasteiger partial charge < -0.3 is 24.7 Å². The van der Waals surface area contributed by atoms with Crippen molar-refractivity contribution in [1.82, 2.24) is 0 Å². The van der Waals surface area contributed by atoms with Gasteiger partial charge in [0.25, 0.3) is 0 Å². The molecule has 0 rings (SSSR count). The fraction of sp³-hybridized carbons (Fsp3) is 0. The molecule has 0 spiro atoms. The van der Waals surface area contributed by atoms with Crippen LogP contribution in [0.5, 0.6) is 0 Å². The van der Waals surface area contributed by atoms with Gasteiger partial charge in [0.05, 0.1) is 0 Å². The summed E-state index contributed by atoms with van der Waals surface area (Å²) in [4.78, 5) is 29.3. The third-order valence-corrected chi connectivity index (χ3v) is 0. The van der Waals surface area contributed by atoms with Gasteiger partial charge in [-0.3, -0.25) is 0 Å². The van der Waals surface area contributed by atoms with E-state index in [4.69, 9.17) is 19.2 Å². The molecule has 0 heterocycles. The number of rotatable bonds is 0. The minimum absolute atomic E-state index is 0. The van der Waals surface area contributed by atoms with E-state index in [0.717, 1.165) is 0 Å². The van der Waals surface area contributed by atoms with Crippen molar-refractivity contribution in [2.45, 2.75) is 0 Å². The van der Waals surface area contributed by atoms with Crippen molar-refractivity contribution < 1.29 is 24.7 Å². The van der Waals surface area contributed by atoms with Crippen LogP contribution < -0.4 is 0 Å². The first kappa shape index (κ1) is 29.9. The first-order valence-electron chi connectivity index (χ1n) is 0.894. The molecule has 0 aromatic rings. The zero-order valence-electron chi connectivity index (χ0n) is 4.69.